The lowest BCUT2D eigenvalue weighted by atomic mass is 10.2. The summed E-state index contributed by atoms with van der Waals surface area (Å²) in [6.45, 7) is 0. The normalized spacial score (nSPS) is 9.86. The zero-order valence-electron chi connectivity index (χ0n) is 23.0. The van der Waals surface area contributed by atoms with Crippen molar-refractivity contribution in [2.45, 2.75) is 0 Å². The minimum atomic E-state index is -1.09. The molecule has 13 nitrogen and oxygen atoms in total. The number of carbonyl (C=O) groups excluding carboxylic acids is 1. The lowest BCUT2D eigenvalue weighted by Crippen LogP contribution is -2.27. The minimum Gasteiger partial charge on any atom is -0.477 e. The number of carboxylic acids is 1. The van der Waals surface area contributed by atoms with Crippen LogP contribution in [0.3, 0.4) is 0 Å². The quantitative estimate of drug-likeness (QED) is 0.315. The van der Waals surface area contributed by atoms with E-state index in [1.54, 1.807) is 42.3 Å². The summed E-state index contributed by atoms with van der Waals surface area (Å²) in [4.78, 5) is 31.7. The molecule has 6 aromatic rings. The summed E-state index contributed by atoms with van der Waals surface area (Å²) in [7, 11) is 3.59. The van der Waals surface area contributed by atoms with Crippen molar-refractivity contribution in [2.24, 2.45) is 0 Å². The minimum absolute atomic E-state index is 0.0519. The third-order valence-corrected chi connectivity index (χ3v) is 5.99. The zero-order valence-corrected chi connectivity index (χ0v) is 23.0. The van der Waals surface area contributed by atoms with Gasteiger partial charge in [-0.25, -0.2) is 23.8 Å². The van der Waals surface area contributed by atoms with Crippen LogP contribution in [0.15, 0.2) is 97.8 Å². The molecule has 6 rings (SSSR count). The molecule has 0 saturated carbocycles. The molecule has 6 heterocycles. The molecule has 0 spiro atoms. The van der Waals surface area contributed by atoms with Crippen LogP contribution in [-0.4, -0.2) is 60.3 Å². The molecule has 43 heavy (non-hydrogen) atoms. The van der Waals surface area contributed by atoms with Crippen LogP contribution in [-0.2, 0) is 0 Å². The van der Waals surface area contributed by atoms with Crippen molar-refractivity contribution < 1.29 is 14.7 Å². The van der Waals surface area contributed by atoms with E-state index in [0.29, 0.717) is 16.8 Å². The highest BCUT2D eigenvalue weighted by Gasteiger charge is 2.15. The van der Waals surface area contributed by atoms with Gasteiger partial charge in [0.15, 0.2) is 0 Å². The van der Waals surface area contributed by atoms with Crippen molar-refractivity contribution >= 4 is 34.3 Å². The fourth-order valence-corrected chi connectivity index (χ4v) is 3.66. The number of hydrogen-bond donors (Lipinski definition) is 2. The summed E-state index contributed by atoms with van der Waals surface area (Å²) in [6.07, 6.45) is 9.82. The Morgan fingerprint density at radius 3 is 1.88 bits per heavy atom. The number of fused-ring (bicyclic) bond motifs is 2. The van der Waals surface area contributed by atoms with E-state index in [0.717, 1.165) is 22.4 Å². The van der Waals surface area contributed by atoms with Gasteiger partial charge in [-0.2, -0.15) is 20.7 Å². The standard InChI is InChI=1S/C15H11N5O.C8H9N3.C7H4N2O2/c1-19(12-5-7-20-13(8-12)4-6-18-20)15(21)14-3-2-11(9-16)10-17-14;1-9-7-3-5-11-8(6-7)2-4-10-11;8-3-5-1-2-6(7(10)11)9-4-5/h2-8,10H,1H3;2-6,9H,1H3;1-2,4H,(H,10,11). The van der Waals surface area contributed by atoms with Gasteiger partial charge < -0.3 is 15.3 Å². The van der Waals surface area contributed by atoms with E-state index >= 15 is 0 Å². The van der Waals surface area contributed by atoms with Crippen molar-refractivity contribution in [3.63, 3.8) is 0 Å². The number of nitrogens with zero attached hydrogens (tertiary/aromatic N) is 9. The highest BCUT2D eigenvalue weighted by Crippen LogP contribution is 2.17. The van der Waals surface area contributed by atoms with Crippen LogP contribution < -0.4 is 10.2 Å². The molecule has 0 atom stereocenters. The van der Waals surface area contributed by atoms with Crippen molar-refractivity contribution in [1.82, 2.24) is 29.2 Å². The maximum Gasteiger partial charge on any atom is 0.354 e. The summed E-state index contributed by atoms with van der Waals surface area (Å²) >= 11 is 0. The zero-order chi connectivity index (χ0) is 30.8. The highest BCUT2D eigenvalue weighted by molar-refractivity contribution is 6.04. The molecule has 0 aliphatic carbocycles. The van der Waals surface area contributed by atoms with E-state index < -0.39 is 5.97 Å². The number of rotatable bonds is 4. The van der Waals surface area contributed by atoms with Gasteiger partial charge in [-0.05, 0) is 60.7 Å². The van der Waals surface area contributed by atoms with Crippen LogP contribution in [0.5, 0.6) is 0 Å². The molecule has 13 heteroatoms. The Bertz CT molecular complexity index is 1950. The van der Waals surface area contributed by atoms with Crippen molar-refractivity contribution in [1.29, 1.82) is 10.5 Å². The van der Waals surface area contributed by atoms with Crippen LogP contribution in [0.25, 0.3) is 11.0 Å². The SMILES string of the molecule is CN(C(=O)c1ccc(C#N)cn1)c1ccn2nccc2c1.CNc1ccn2nccc2c1.N#Cc1ccc(C(=O)O)nc1. The molecule has 0 radical (unpaired) electrons. The van der Waals surface area contributed by atoms with Crippen molar-refractivity contribution in [2.75, 3.05) is 24.3 Å². The Hall–Kier alpha value is -6.60. The van der Waals surface area contributed by atoms with E-state index in [4.69, 9.17) is 15.6 Å². The van der Waals surface area contributed by atoms with Gasteiger partial charge in [0.25, 0.3) is 5.91 Å². The predicted molar refractivity (Wildman–Crippen MR) is 158 cm³/mol. The third-order valence-electron chi connectivity index (χ3n) is 5.99. The first-order valence-corrected chi connectivity index (χ1v) is 12.6. The van der Waals surface area contributed by atoms with E-state index in [1.807, 2.05) is 66.3 Å². The largest absolute Gasteiger partial charge is 0.477 e. The maximum absolute atomic E-state index is 12.4. The first-order valence-electron chi connectivity index (χ1n) is 12.6. The molecule has 0 fully saturated rings. The van der Waals surface area contributed by atoms with E-state index in [2.05, 4.69) is 25.5 Å². The van der Waals surface area contributed by atoms with Gasteiger partial charge in [-0.15, -0.1) is 0 Å². The van der Waals surface area contributed by atoms with Gasteiger partial charge >= 0.3 is 5.97 Å². The molecule has 0 saturated heterocycles. The van der Waals surface area contributed by atoms with Gasteiger partial charge in [0.1, 0.15) is 23.5 Å². The lowest BCUT2D eigenvalue weighted by molar-refractivity contribution is 0.0690. The van der Waals surface area contributed by atoms with Crippen LogP contribution in [0.2, 0.25) is 0 Å². The fraction of sp³-hybridized carbons (Fsp3) is 0.0667. The topological polar surface area (TPSA) is 178 Å². The Labute approximate surface area is 245 Å². The molecule has 0 aliphatic heterocycles. The summed E-state index contributed by atoms with van der Waals surface area (Å²) in [5.74, 6) is -1.32. The van der Waals surface area contributed by atoms with Crippen LogP contribution in [0.1, 0.15) is 32.1 Å². The first kappa shape index (κ1) is 29.4. The first-order chi connectivity index (χ1) is 20.8. The average molecular weight is 573 g/mol. The molecule has 212 valence electrons. The smallest absolute Gasteiger partial charge is 0.354 e. The number of aromatic nitrogens is 6. The second-order valence-corrected chi connectivity index (χ2v) is 8.71. The maximum atomic E-state index is 12.4. The summed E-state index contributed by atoms with van der Waals surface area (Å²) in [5.41, 5.74) is 4.90. The number of pyridine rings is 4. The molecular weight excluding hydrogens is 548 g/mol. The molecule has 0 aliphatic rings. The summed E-state index contributed by atoms with van der Waals surface area (Å²) in [5, 5.41) is 36.7. The predicted octanol–water partition coefficient (Wildman–Crippen LogP) is 3.91. The molecule has 2 N–H and O–H groups in total. The number of nitrogens with one attached hydrogen (secondary N) is 1. The lowest BCUT2D eigenvalue weighted by Gasteiger charge is -2.17. The number of carbonyl (C=O) groups is 2. The third kappa shape index (κ3) is 7.33. The molecule has 0 unspecified atom stereocenters. The number of aromatic carboxylic acids is 1. The number of nitriles is 2. The highest BCUT2D eigenvalue weighted by atomic mass is 16.4. The summed E-state index contributed by atoms with van der Waals surface area (Å²) < 4.78 is 3.56. The Morgan fingerprint density at radius 1 is 0.814 bits per heavy atom. The van der Waals surface area contributed by atoms with Crippen molar-refractivity contribution in [3.8, 4) is 12.1 Å². The Kier molecular flexibility index (Phi) is 9.33. The Balaban J connectivity index is 0.000000162. The van der Waals surface area contributed by atoms with E-state index in [9.17, 15) is 9.59 Å². The van der Waals surface area contributed by atoms with Crippen LogP contribution in [0.4, 0.5) is 11.4 Å². The Morgan fingerprint density at radius 2 is 1.37 bits per heavy atom. The van der Waals surface area contributed by atoms with E-state index in [-0.39, 0.29) is 11.6 Å². The fourth-order valence-electron chi connectivity index (χ4n) is 3.66. The molecule has 6 aromatic heterocycles. The van der Waals surface area contributed by atoms with E-state index in [1.165, 1.54) is 29.4 Å². The van der Waals surface area contributed by atoms with Crippen molar-refractivity contribution in [3.05, 3.63) is 120 Å². The van der Waals surface area contributed by atoms with Gasteiger partial charge in [0, 0.05) is 62.7 Å². The van der Waals surface area contributed by atoms with Gasteiger partial charge in [0.05, 0.1) is 22.2 Å². The van der Waals surface area contributed by atoms with Gasteiger partial charge in [-0.3, -0.25) is 4.79 Å². The molecule has 0 aromatic carbocycles. The average Bonchev–Trinajstić information content (AvgIpc) is 3.73. The molecular formula is C30H24N10O3. The van der Waals surface area contributed by atoms with Gasteiger partial charge in [0.2, 0.25) is 0 Å². The number of hydrogen-bond acceptors (Lipinski definition) is 9. The summed E-state index contributed by atoms with van der Waals surface area (Å²) in [6, 6.07) is 21.2. The second kappa shape index (κ2) is 13.6. The van der Waals surface area contributed by atoms with Crippen LogP contribution >= 0.6 is 0 Å². The number of carboxylic acid groups (broad SMARTS) is 1. The monoisotopic (exact) mass is 572 g/mol. The second-order valence-electron chi connectivity index (χ2n) is 8.71. The number of anilines is 2. The number of amides is 1. The molecule has 1 amide bonds. The van der Waals surface area contributed by atoms with Gasteiger partial charge in [-0.1, -0.05) is 0 Å². The molecule has 0 bridgehead atoms. The van der Waals surface area contributed by atoms with Crippen LogP contribution in [0, 0.1) is 22.7 Å².